The number of fused-ring (bicyclic) bond motifs is 1. The first-order valence-electron chi connectivity index (χ1n) is 13.9. The molecular weight excluding hydrogens is 528 g/mol. The van der Waals surface area contributed by atoms with E-state index in [1.807, 2.05) is 29.2 Å². The third-order valence-electron chi connectivity index (χ3n) is 8.03. The van der Waals surface area contributed by atoms with Gasteiger partial charge < -0.3 is 18.9 Å². The largest absolute Gasteiger partial charge is 0.496 e. The maximum absolute atomic E-state index is 12.8. The molecule has 1 unspecified atom stereocenters. The van der Waals surface area contributed by atoms with Crippen LogP contribution in [0.5, 0.6) is 5.75 Å². The summed E-state index contributed by atoms with van der Waals surface area (Å²) in [4.78, 5) is 27.1. The summed E-state index contributed by atoms with van der Waals surface area (Å²) in [7, 11) is 3.06. The highest BCUT2D eigenvalue weighted by Gasteiger charge is 2.30. The van der Waals surface area contributed by atoms with Crippen LogP contribution in [0.4, 0.5) is 0 Å². The number of hydrogen-bond acceptors (Lipinski definition) is 6. The van der Waals surface area contributed by atoms with Crippen LogP contribution < -0.4 is 4.74 Å². The van der Waals surface area contributed by atoms with E-state index in [0.29, 0.717) is 37.4 Å². The fourth-order valence-electron chi connectivity index (χ4n) is 6.02. The van der Waals surface area contributed by atoms with Crippen LogP contribution in [0.2, 0.25) is 0 Å². The van der Waals surface area contributed by atoms with Crippen LogP contribution in [0.3, 0.4) is 0 Å². The highest BCUT2D eigenvalue weighted by atomic mass is 16.5. The smallest absolute Gasteiger partial charge is 0.248 e. The summed E-state index contributed by atoms with van der Waals surface area (Å²) in [5.41, 5.74) is 6.00. The summed E-state index contributed by atoms with van der Waals surface area (Å²) in [6.45, 7) is 3.26. The Bertz CT molecular complexity index is 1740. The summed E-state index contributed by atoms with van der Waals surface area (Å²) >= 11 is 0. The van der Waals surface area contributed by atoms with E-state index in [4.69, 9.17) is 9.47 Å². The summed E-state index contributed by atoms with van der Waals surface area (Å²) in [6, 6.07) is 21.7. The number of methoxy groups -OCH3 is 2. The molecule has 1 amide bonds. The number of aromatic nitrogens is 1. The van der Waals surface area contributed by atoms with Crippen LogP contribution in [-0.2, 0) is 22.5 Å². The number of carbonyl (C=O) groups is 2. The number of nitriles is 2. The minimum Gasteiger partial charge on any atom is -0.496 e. The molecule has 1 saturated heterocycles. The molecule has 1 aromatic heterocycles. The van der Waals surface area contributed by atoms with Gasteiger partial charge in [0.15, 0.2) is 5.78 Å². The van der Waals surface area contributed by atoms with Gasteiger partial charge in [0.1, 0.15) is 18.4 Å². The Morgan fingerprint density at radius 1 is 1.05 bits per heavy atom. The van der Waals surface area contributed by atoms with Crippen molar-refractivity contribution in [3.8, 4) is 17.9 Å². The van der Waals surface area contributed by atoms with Crippen molar-refractivity contribution < 1.29 is 19.1 Å². The molecule has 1 aliphatic rings. The zero-order valence-corrected chi connectivity index (χ0v) is 24.0. The molecule has 8 heteroatoms. The lowest BCUT2D eigenvalue weighted by Gasteiger charge is -2.19. The Balaban J connectivity index is 1.60. The van der Waals surface area contributed by atoms with Crippen LogP contribution in [0.1, 0.15) is 63.0 Å². The minimum absolute atomic E-state index is 0.00439. The van der Waals surface area contributed by atoms with Crippen LogP contribution >= 0.6 is 0 Å². The van der Waals surface area contributed by atoms with Crippen molar-refractivity contribution in [2.24, 2.45) is 0 Å². The molecule has 5 rings (SSSR count). The van der Waals surface area contributed by atoms with Crippen molar-refractivity contribution in [2.45, 2.75) is 32.2 Å². The fourth-order valence-corrected chi connectivity index (χ4v) is 6.02. The van der Waals surface area contributed by atoms with E-state index < -0.39 is 0 Å². The molecule has 0 bridgehead atoms. The number of para-hydroxylation sites is 1. The topological polar surface area (TPSA) is 108 Å². The Kier molecular flexibility index (Phi) is 8.38. The number of amides is 1. The molecule has 0 aliphatic carbocycles. The maximum Gasteiger partial charge on any atom is 0.248 e. The van der Waals surface area contributed by atoms with Gasteiger partial charge in [0.05, 0.1) is 36.4 Å². The lowest BCUT2D eigenvalue weighted by atomic mass is 9.91. The Morgan fingerprint density at radius 2 is 1.81 bits per heavy atom. The lowest BCUT2D eigenvalue weighted by Crippen LogP contribution is -2.31. The number of Topliss-reactive ketones (excluding diaryl/α,β-unsaturated/α-hetero) is 1. The number of hydrogen-bond donors (Lipinski definition) is 0. The highest BCUT2D eigenvalue weighted by molar-refractivity contribution is 6.00. The molecule has 2 heterocycles. The molecule has 0 N–H and O–H groups in total. The highest BCUT2D eigenvalue weighted by Crippen LogP contribution is 2.37. The van der Waals surface area contributed by atoms with Gasteiger partial charge in [0, 0.05) is 48.8 Å². The van der Waals surface area contributed by atoms with E-state index in [1.165, 1.54) is 26.7 Å². The molecule has 1 atom stereocenters. The molecule has 1 fully saturated rings. The van der Waals surface area contributed by atoms with Gasteiger partial charge in [-0.3, -0.25) is 9.59 Å². The molecule has 0 spiro atoms. The molecule has 212 valence electrons. The van der Waals surface area contributed by atoms with Crippen LogP contribution in [0, 0.1) is 22.7 Å². The lowest BCUT2D eigenvalue weighted by molar-refractivity contribution is -0.134. The quantitative estimate of drug-likeness (QED) is 0.261. The molecule has 0 radical (unpaired) electrons. The predicted molar refractivity (Wildman–Crippen MR) is 159 cm³/mol. The molecule has 4 aromatic rings. The van der Waals surface area contributed by atoms with E-state index in [-0.39, 0.29) is 35.3 Å². The van der Waals surface area contributed by atoms with Crippen molar-refractivity contribution >= 4 is 22.6 Å². The number of carbonyl (C=O) groups excluding carboxylic acids is 2. The van der Waals surface area contributed by atoms with Crippen molar-refractivity contribution in [3.05, 3.63) is 99.7 Å². The molecular formula is C34H32N4O4. The van der Waals surface area contributed by atoms with Crippen molar-refractivity contribution in [1.82, 2.24) is 9.47 Å². The summed E-state index contributed by atoms with van der Waals surface area (Å²) in [5, 5.41) is 20.3. The minimum atomic E-state index is -0.237. The molecule has 8 nitrogen and oxygen atoms in total. The Hall–Kier alpha value is -4.92. The van der Waals surface area contributed by atoms with E-state index in [2.05, 4.69) is 35.0 Å². The SMILES string of the molecule is COCC(=O)N1CCC(c2cn(Cc3c(Cc4ccc(C#N)cc4)cc(C#N)c(C(C)=O)c3OC)c3ccccc23)C1. The van der Waals surface area contributed by atoms with E-state index >= 15 is 0 Å². The van der Waals surface area contributed by atoms with E-state index in [1.54, 1.807) is 18.2 Å². The van der Waals surface area contributed by atoms with Crippen LogP contribution in [0.25, 0.3) is 10.9 Å². The average Bonchev–Trinajstić information content (AvgIpc) is 3.63. The number of nitrogens with zero attached hydrogens (tertiary/aromatic N) is 4. The van der Waals surface area contributed by atoms with Gasteiger partial charge in [-0.2, -0.15) is 10.5 Å². The monoisotopic (exact) mass is 560 g/mol. The molecule has 0 saturated carbocycles. The number of benzene rings is 3. The third kappa shape index (κ3) is 5.50. The number of rotatable bonds is 9. The predicted octanol–water partition coefficient (Wildman–Crippen LogP) is 5.20. The second-order valence-corrected chi connectivity index (χ2v) is 10.6. The fraction of sp³-hybridized carbons (Fsp3) is 0.294. The number of ketones is 1. The maximum atomic E-state index is 12.8. The van der Waals surface area contributed by atoms with Gasteiger partial charge in [0.2, 0.25) is 5.91 Å². The Morgan fingerprint density at radius 3 is 2.48 bits per heavy atom. The molecule has 42 heavy (non-hydrogen) atoms. The van der Waals surface area contributed by atoms with Crippen LogP contribution in [0.15, 0.2) is 60.8 Å². The summed E-state index contributed by atoms with van der Waals surface area (Å²) in [6.07, 6.45) is 3.51. The Labute approximate surface area is 245 Å². The van der Waals surface area contributed by atoms with Crippen molar-refractivity contribution in [1.29, 1.82) is 10.5 Å². The van der Waals surface area contributed by atoms with Crippen LogP contribution in [-0.4, -0.2) is 55.1 Å². The van der Waals surface area contributed by atoms with E-state index in [0.717, 1.165) is 34.0 Å². The first-order valence-corrected chi connectivity index (χ1v) is 13.9. The van der Waals surface area contributed by atoms with Gasteiger partial charge in [0.25, 0.3) is 0 Å². The van der Waals surface area contributed by atoms with E-state index in [9.17, 15) is 20.1 Å². The zero-order valence-electron chi connectivity index (χ0n) is 24.0. The zero-order chi connectivity index (χ0) is 29.8. The summed E-state index contributed by atoms with van der Waals surface area (Å²) in [5.74, 6) is 0.349. The van der Waals surface area contributed by atoms with Crippen molar-refractivity contribution in [2.75, 3.05) is 33.9 Å². The van der Waals surface area contributed by atoms with Gasteiger partial charge in [-0.25, -0.2) is 0 Å². The van der Waals surface area contributed by atoms with Gasteiger partial charge in [-0.15, -0.1) is 0 Å². The second kappa shape index (κ2) is 12.3. The van der Waals surface area contributed by atoms with Gasteiger partial charge >= 0.3 is 0 Å². The first-order chi connectivity index (χ1) is 20.4. The molecule has 3 aromatic carbocycles. The number of likely N-dealkylation sites (tertiary alicyclic amines) is 1. The standard InChI is InChI=1S/C34H32N4O4/c1-22(39)33-27(17-36)15-26(14-23-8-10-24(16-35)11-9-23)30(34(33)42-3)20-38-19-29(28-6-4-5-7-31(28)38)25-12-13-37(18-25)32(40)21-41-2/h4-11,15,19,25H,12-14,18,20-21H2,1-3H3. The van der Waals surface area contributed by atoms with Crippen molar-refractivity contribution in [3.63, 3.8) is 0 Å². The third-order valence-corrected chi connectivity index (χ3v) is 8.03. The summed E-state index contributed by atoms with van der Waals surface area (Å²) < 4.78 is 13.1. The van der Waals surface area contributed by atoms with Gasteiger partial charge in [-0.05, 0) is 60.7 Å². The second-order valence-electron chi connectivity index (χ2n) is 10.6. The normalized spacial score (nSPS) is 14.5. The number of ether oxygens (including phenoxy) is 2. The van der Waals surface area contributed by atoms with Gasteiger partial charge in [-0.1, -0.05) is 30.3 Å². The molecule has 1 aliphatic heterocycles. The first kappa shape index (κ1) is 28.6. The average molecular weight is 561 g/mol.